The Balaban J connectivity index is 1.13. The highest BCUT2D eigenvalue weighted by Crippen LogP contribution is 2.38. The van der Waals surface area contributed by atoms with Crippen LogP contribution >= 0.6 is 15.9 Å². The van der Waals surface area contributed by atoms with E-state index >= 15 is 0 Å². The van der Waals surface area contributed by atoms with Gasteiger partial charge in [-0.1, -0.05) is 91.0 Å². The van der Waals surface area contributed by atoms with Crippen LogP contribution in [0.1, 0.15) is 67.6 Å². The number of carbonyl (C=O) groups is 3. The van der Waals surface area contributed by atoms with Gasteiger partial charge in [0.2, 0.25) is 5.91 Å². The summed E-state index contributed by atoms with van der Waals surface area (Å²) < 4.78 is 49.4. The van der Waals surface area contributed by atoms with E-state index in [1.54, 1.807) is 19.9 Å². The summed E-state index contributed by atoms with van der Waals surface area (Å²) in [5, 5.41) is 10.4. The second-order valence-corrected chi connectivity index (χ2v) is 15.2. The zero-order valence-electron chi connectivity index (χ0n) is 32.9. The number of cyclic esters (lactones) is 1. The van der Waals surface area contributed by atoms with Crippen LogP contribution in [0, 0.1) is 5.92 Å². The lowest BCUT2D eigenvalue weighted by Gasteiger charge is -2.45. The molecule has 13 nitrogen and oxygen atoms in total. The van der Waals surface area contributed by atoms with Gasteiger partial charge in [0.05, 0.1) is 36.3 Å². The van der Waals surface area contributed by atoms with Crippen LogP contribution in [-0.2, 0) is 62.4 Å². The number of esters is 1. The van der Waals surface area contributed by atoms with Crippen molar-refractivity contribution in [2.24, 2.45) is 5.92 Å². The van der Waals surface area contributed by atoms with Gasteiger partial charge in [-0.15, -0.1) is 0 Å². The minimum absolute atomic E-state index is 0.233. The van der Waals surface area contributed by atoms with Crippen molar-refractivity contribution in [1.29, 1.82) is 0 Å². The Morgan fingerprint density at radius 3 is 2.07 bits per heavy atom. The van der Waals surface area contributed by atoms with E-state index in [0.717, 1.165) is 21.6 Å². The van der Waals surface area contributed by atoms with E-state index in [2.05, 4.69) is 15.9 Å². The van der Waals surface area contributed by atoms with Gasteiger partial charge in [-0.2, -0.15) is 0 Å². The van der Waals surface area contributed by atoms with Crippen LogP contribution in [0.2, 0.25) is 0 Å². The third kappa shape index (κ3) is 10.4. The molecule has 0 bridgehead atoms. The van der Waals surface area contributed by atoms with Crippen LogP contribution in [0.3, 0.4) is 0 Å². The molecule has 9 atom stereocenters. The summed E-state index contributed by atoms with van der Waals surface area (Å²) in [7, 11) is 1.51. The van der Waals surface area contributed by atoms with E-state index in [1.807, 2.05) is 91.0 Å². The number of benzene rings is 3. The number of nitrogens with zero attached hydrogens (tertiary/aromatic N) is 1. The molecule has 2 saturated heterocycles. The van der Waals surface area contributed by atoms with Gasteiger partial charge in [-0.25, -0.2) is 9.69 Å². The van der Waals surface area contributed by atoms with Crippen molar-refractivity contribution in [3.63, 3.8) is 0 Å². The van der Waals surface area contributed by atoms with Crippen LogP contribution in [-0.4, -0.2) is 85.0 Å². The van der Waals surface area contributed by atoms with Crippen molar-refractivity contribution in [1.82, 2.24) is 4.90 Å². The second-order valence-electron chi connectivity index (χ2n) is 14.3. The predicted octanol–water partition coefficient (Wildman–Crippen LogP) is 7.24. The number of ether oxygens (including phenoxy) is 7. The van der Waals surface area contributed by atoms with E-state index in [9.17, 15) is 19.5 Å². The Bertz CT molecular complexity index is 1930. The summed E-state index contributed by atoms with van der Waals surface area (Å²) >= 11 is 3.57. The summed E-state index contributed by atoms with van der Waals surface area (Å²) in [5.41, 5.74) is 2.67. The number of aryl methyl sites for hydroxylation is 1. The predicted molar refractivity (Wildman–Crippen MR) is 213 cm³/mol. The molecular weight excluding hydrogens is 814 g/mol. The summed E-state index contributed by atoms with van der Waals surface area (Å²) in [6.45, 7) is 5.02. The number of furan rings is 1. The Kier molecular flexibility index (Phi) is 15.3. The molecule has 2 amide bonds. The quantitative estimate of drug-likeness (QED) is 0.0793. The number of carbonyl (C=O) groups excluding carboxylic acids is 3. The van der Waals surface area contributed by atoms with Crippen LogP contribution in [0.25, 0.3) is 0 Å². The molecular formula is C44H50BrNO12. The maximum atomic E-state index is 13.9. The Labute approximate surface area is 346 Å². The topological polar surface area (TPSA) is 152 Å². The molecule has 58 heavy (non-hydrogen) atoms. The lowest BCUT2D eigenvalue weighted by molar-refractivity contribution is -0.319. The molecule has 0 radical (unpaired) electrons. The van der Waals surface area contributed by atoms with Crippen molar-refractivity contribution in [2.75, 3.05) is 20.3 Å². The fourth-order valence-corrected chi connectivity index (χ4v) is 7.79. The van der Waals surface area contributed by atoms with E-state index in [1.165, 1.54) is 14.0 Å². The first kappa shape index (κ1) is 43.2. The summed E-state index contributed by atoms with van der Waals surface area (Å²) in [6, 6.07) is 29.7. The van der Waals surface area contributed by atoms with Gasteiger partial charge in [-0.3, -0.25) is 9.59 Å². The fraction of sp³-hybridized carbons (Fsp3) is 0.432. The molecule has 0 saturated carbocycles. The number of imide groups is 1. The molecule has 2 fully saturated rings. The second kappa shape index (κ2) is 20.5. The van der Waals surface area contributed by atoms with Crippen LogP contribution < -0.4 is 0 Å². The number of aliphatic hydroxyl groups is 1. The zero-order valence-corrected chi connectivity index (χ0v) is 34.5. The Hall–Kier alpha value is -4.41. The Morgan fingerprint density at radius 2 is 1.48 bits per heavy atom. The fourth-order valence-electron chi connectivity index (χ4n) is 7.28. The van der Waals surface area contributed by atoms with Gasteiger partial charge in [-0.05, 0) is 59.0 Å². The van der Waals surface area contributed by atoms with Gasteiger partial charge in [0.1, 0.15) is 42.0 Å². The van der Waals surface area contributed by atoms with Crippen LogP contribution in [0.4, 0.5) is 4.79 Å². The lowest BCUT2D eigenvalue weighted by atomic mass is 9.98. The van der Waals surface area contributed by atoms with Crippen molar-refractivity contribution < 1.29 is 57.1 Å². The first-order valence-corrected chi connectivity index (χ1v) is 20.1. The molecule has 0 aliphatic carbocycles. The minimum Gasteiger partial charge on any atom is -0.461 e. The number of hydrogen-bond acceptors (Lipinski definition) is 12. The molecule has 1 aromatic heterocycles. The highest BCUT2D eigenvalue weighted by Gasteiger charge is 2.49. The summed E-state index contributed by atoms with van der Waals surface area (Å²) in [4.78, 5) is 40.3. The maximum Gasteiger partial charge on any atom is 0.417 e. The minimum atomic E-state index is -1.13. The van der Waals surface area contributed by atoms with Crippen molar-refractivity contribution >= 4 is 33.9 Å². The third-order valence-electron chi connectivity index (χ3n) is 10.3. The number of aliphatic hydroxyl groups excluding tert-OH is 1. The number of amides is 2. The SMILES string of the molecule is COC1OC(CO)C(OCc2ccccc2)C(OCc2ccccc2)C1OCCCc1oc(C(OC(C)=O)C(C)C(=O)N2C(=O)OC(c3ccccc3)C2C)cc1Br. The van der Waals surface area contributed by atoms with Crippen LogP contribution in [0.15, 0.2) is 106 Å². The van der Waals surface area contributed by atoms with Crippen molar-refractivity contribution in [3.05, 3.63) is 130 Å². The highest BCUT2D eigenvalue weighted by molar-refractivity contribution is 9.10. The first-order chi connectivity index (χ1) is 28.1. The molecule has 1 N–H and O–H groups in total. The average Bonchev–Trinajstić information content (AvgIpc) is 3.76. The van der Waals surface area contributed by atoms with Gasteiger partial charge in [0.25, 0.3) is 0 Å². The highest BCUT2D eigenvalue weighted by atomic mass is 79.9. The summed E-state index contributed by atoms with van der Waals surface area (Å²) in [6.07, 6.45) is -5.35. The van der Waals surface area contributed by atoms with E-state index < -0.39 is 72.8 Å². The molecule has 3 heterocycles. The molecule has 9 unspecified atom stereocenters. The Morgan fingerprint density at radius 1 is 0.879 bits per heavy atom. The van der Waals surface area contributed by atoms with Gasteiger partial charge in [0, 0.05) is 27.1 Å². The molecule has 2 aliphatic heterocycles. The number of methoxy groups -OCH3 is 1. The number of halogens is 1. The molecule has 6 rings (SSSR count). The van der Waals surface area contributed by atoms with Gasteiger partial charge < -0.3 is 42.7 Å². The monoisotopic (exact) mass is 863 g/mol. The number of rotatable bonds is 18. The van der Waals surface area contributed by atoms with Crippen LogP contribution in [0.5, 0.6) is 0 Å². The lowest BCUT2D eigenvalue weighted by Crippen LogP contribution is -2.61. The average molecular weight is 865 g/mol. The number of hydrogen-bond donors (Lipinski definition) is 1. The maximum absolute atomic E-state index is 13.9. The molecule has 4 aromatic rings. The molecule has 2 aliphatic rings. The third-order valence-corrected chi connectivity index (χ3v) is 10.9. The van der Waals surface area contributed by atoms with Crippen molar-refractivity contribution in [2.45, 2.75) is 95.8 Å². The molecule has 14 heteroatoms. The van der Waals surface area contributed by atoms with E-state index in [4.69, 9.17) is 37.6 Å². The standard InChI is InChI=1S/C44H50BrNO12/c1-27(42(49)46-28(2)38(58-44(46)50)32-19-12-7-13-20-32)37(55-29(3)48)35-23-33(45)34(56-35)21-14-22-52-41-40(54-26-31-17-10-6-11-18-31)39(36(24-47)57-43(41)51-4)53-25-30-15-8-5-9-16-30/h5-13,15-20,23,27-28,36-41,43,47H,14,21-22,24-26H2,1-4H3. The zero-order chi connectivity index (χ0) is 41.2. The smallest absolute Gasteiger partial charge is 0.417 e. The first-order valence-electron chi connectivity index (χ1n) is 19.3. The molecule has 310 valence electrons. The molecule has 0 spiro atoms. The van der Waals surface area contributed by atoms with Gasteiger partial charge >= 0.3 is 12.1 Å². The molecule has 3 aromatic carbocycles. The van der Waals surface area contributed by atoms with E-state index in [0.29, 0.717) is 23.1 Å². The van der Waals surface area contributed by atoms with E-state index in [-0.39, 0.29) is 32.2 Å². The largest absolute Gasteiger partial charge is 0.461 e. The van der Waals surface area contributed by atoms with Crippen molar-refractivity contribution in [3.8, 4) is 0 Å². The summed E-state index contributed by atoms with van der Waals surface area (Å²) in [5.74, 6) is -1.40. The van der Waals surface area contributed by atoms with Gasteiger partial charge in [0.15, 0.2) is 12.4 Å². The normalized spacial score (nSPS) is 24.3.